The predicted molar refractivity (Wildman–Crippen MR) is 80.3 cm³/mol. The second kappa shape index (κ2) is 7.30. The first-order valence-electron chi connectivity index (χ1n) is 5.37. The van der Waals surface area contributed by atoms with E-state index in [0.29, 0.717) is 16.6 Å². The molecule has 1 N–H and O–H groups in total. The zero-order chi connectivity index (χ0) is 16.9. The van der Waals surface area contributed by atoms with Gasteiger partial charge in [0.2, 0.25) is 0 Å². The Morgan fingerprint density at radius 2 is 1.91 bits per heavy atom. The maximum absolute atomic E-state index is 11.9. The number of halogens is 1. The Bertz CT molecular complexity index is 720. The minimum absolute atomic E-state index is 0.0513. The van der Waals surface area contributed by atoms with Gasteiger partial charge < -0.3 is 4.74 Å². The van der Waals surface area contributed by atoms with E-state index in [1.165, 1.54) is 4.72 Å². The molecule has 0 aromatic heterocycles. The molecule has 0 bridgehead atoms. The topological polar surface area (TPSA) is 159 Å². The van der Waals surface area contributed by atoms with E-state index in [-0.39, 0.29) is 6.61 Å². The second-order valence-electron chi connectivity index (χ2n) is 3.60. The summed E-state index contributed by atoms with van der Waals surface area (Å²) >= 11 is 1.89. The molecule has 1 aromatic rings. The molecule has 13 heteroatoms. The van der Waals surface area contributed by atoms with E-state index in [1.807, 2.05) is 22.6 Å². The summed E-state index contributed by atoms with van der Waals surface area (Å²) < 4.78 is 30.2. The Labute approximate surface area is 137 Å². The predicted octanol–water partition coefficient (Wildman–Crippen LogP) is 1.35. The van der Waals surface area contributed by atoms with Crippen molar-refractivity contribution in [3.8, 4) is 0 Å². The molecule has 0 fully saturated rings. The number of sulfonamides is 1. The Hall–Kier alpha value is -2.03. The van der Waals surface area contributed by atoms with Crippen LogP contribution in [0.2, 0.25) is 0 Å². The Kier molecular flexibility index (Phi) is 5.98. The van der Waals surface area contributed by atoms with Gasteiger partial charge in [0.25, 0.3) is 21.4 Å². The van der Waals surface area contributed by atoms with Crippen LogP contribution >= 0.6 is 22.6 Å². The second-order valence-corrected chi connectivity index (χ2v) is 6.33. The van der Waals surface area contributed by atoms with E-state index in [4.69, 9.17) is 0 Å². The first kappa shape index (κ1) is 18.0. The standard InChI is InChI=1S/C9H8IN3O8S/c10-3-4-21-9(14)11-22(19,20)8-2-1-6(12(15)16)5-7(8)13(17)18/h1-2,5H,3-4H2,(H,11,14). The fourth-order valence-electron chi connectivity index (χ4n) is 1.31. The van der Waals surface area contributed by atoms with Crippen LogP contribution in [-0.2, 0) is 14.8 Å². The first-order valence-corrected chi connectivity index (χ1v) is 8.38. The summed E-state index contributed by atoms with van der Waals surface area (Å²) in [5, 5.41) is 21.5. The molecule has 11 nitrogen and oxygen atoms in total. The number of carbonyl (C=O) groups excluding carboxylic acids is 1. The van der Waals surface area contributed by atoms with E-state index in [0.717, 1.165) is 6.07 Å². The van der Waals surface area contributed by atoms with Crippen molar-refractivity contribution in [3.05, 3.63) is 38.4 Å². The van der Waals surface area contributed by atoms with Crippen LogP contribution in [0.3, 0.4) is 0 Å². The summed E-state index contributed by atoms with van der Waals surface area (Å²) in [6.07, 6.45) is -1.30. The van der Waals surface area contributed by atoms with Crippen molar-refractivity contribution in [3.63, 3.8) is 0 Å². The van der Waals surface area contributed by atoms with Crippen molar-refractivity contribution in [2.45, 2.75) is 4.90 Å². The van der Waals surface area contributed by atoms with E-state index in [1.54, 1.807) is 0 Å². The van der Waals surface area contributed by atoms with Crippen LogP contribution in [0.5, 0.6) is 0 Å². The zero-order valence-corrected chi connectivity index (χ0v) is 13.6. The smallest absolute Gasteiger partial charge is 0.421 e. The summed E-state index contributed by atoms with van der Waals surface area (Å²) in [7, 11) is -4.60. The molecule has 120 valence electrons. The zero-order valence-electron chi connectivity index (χ0n) is 10.6. The SMILES string of the molecule is O=C(NS(=O)(=O)c1ccc([N+](=O)[O-])cc1[N+](=O)[O-])OCCI. The lowest BCUT2D eigenvalue weighted by Crippen LogP contribution is -2.32. The van der Waals surface area contributed by atoms with Gasteiger partial charge in [-0.25, -0.2) is 17.9 Å². The number of amides is 1. The lowest BCUT2D eigenvalue weighted by molar-refractivity contribution is -0.396. The molecular weight excluding hydrogens is 437 g/mol. The normalized spacial score (nSPS) is 10.8. The van der Waals surface area contributed by atoms with Crippen LogP contribution in [0.4, 0.5) is 16.2 Å². The van der Waals surface area contributed by atoms with E-state index < -0.39 is 42.2 Å². The van der Waals surface area contributed by atoms with Gasteiger partial charge in [0.15, 0.2) is 4.90 Å². The number of nitrogens with one attached hydrogen (secondary N) is 1. The van der Waals surface area contributed by atoms with Gasteiger partial charge in [0, 0.05) is 10.5 Å². The van der Waals surface area contributed by atoms with E-state index in [9.17, 15) is 33.4 Å². The summed E-state index contributed by atoms with van der Waals surface area (Å²) in [6.45, 7) is -0.0513. The fraction of sp³-hybridized carbons (Fsp3) is 0.222. The van der Waals surface area contributed by atoms with E-state index in [2.05, 4.69) is 4.74 Å². The third-order valence-electron chi connectivity index (χ3n) is 2.17. The summed E-state index contributed by atoms with van der Waals surface area (Å²) in [6, 6.07) is 1.94. The number of nitro benzene ring substituents is 2. The minimum atomic E-state index is -4.60. The highest BCUT2D eigenvalue weighted by molar-refractivity contribution is 14.1. The number of alkyl halides is 1. The number of rotatable bonds is 6. The molecule has 0 saturated heterocycles. The number of nitro groups is 2. The molecule has 0 unspecified atom stereocenters. The average Bonchev–Trinajstić information content (AvgIpc) is 2.43. The van der Waals surface area contributed by atoms with Crippen molar-refractivity contribution in [2.75, 3.05) is 11.0 Å². The quantitative estimate of drug-likeness (QED) is 0.297. The highest BCUT2D eigenvalue weighted by Gasteiger charge is 2.30. The van der Waals surface area contributed by atoms with Crippen molar-refractivity contribution in [1.82, 2.24) is 4.72 Å². The average molecular weight is 445 g/mol. The third-order valence-corrected chi connectivity index (χ3v) is 3.97. The number of hydrogen-bond acceptors (Lipinski definition) is 8. The molecule has 1 rings (SSSR count). The maximum Gasteiger partial charge on any atom is 0.421 e. The molecule has 0 aliphatic rings. The number of hydrogen-bond donors (Lipinski definition) is 1. The largest absolute Gasteiger partial charge is 0.448 e. The summed E-state index contributed by atoms with van der Waals surface area (Å²) in [4.78, 5) is 29.8. The van der Waals surface area contributed by atoms with Crippen LogP contribution < -0.4 is 4.72 Å². The monoisotopic (exact) mass is 445 g/mol. The number of ether oxygens (including phenoxy) is 1. The van der Waals surface area contributed by atoms with E-state index >= 15 is 0 Å². The number of nitrogens with zero attached hydrogens (tertiary/aromatic N) is 2. The Morgan fingerprint density at radius 1 is 1.27 bits per heavy atom. The third kappa shape index (κ3) is 4.48. The molecule has 1 amide bonds. The van der Waals surface area contributed by atoms with Gasteiger partial charge in [-0.1, -0.05) is 22.6 Å². The van der Waals surface area contributed by atoms with Crippen LogP contribution in [0.1, 0.15) is 0 Å². The molecule has 0 atom stereocenters. The molecule has 0 spiro atoms. The lowest BCUT2D eigenvalue weighted by Gasteiger charge is -2.07. The van der Waals surface area contributed by atoms with Crippen LogP contribution in [0, 0.1) is 20.2 Å². The molecule has 0 heterocycles. The summed E-state index contributed by atoms with van der Waals surface area (Å²) in [5.41, 5.74) is -1.68. The van der Waals surface area contributed by atoms with Crippen molar-refractivity contribution in [1.29, 1.82) is 0 Å². The van der Waals surface area contributed by atoms with Crippen molar-refractivity contribution >= 4 is 50.1 Å². The molecule has 0 radical (unpaired) electrons. The van der Waals surface area contributed by atoms with Crippen LogP contribution in [0.15, 0.2) is 23.1 Å². The van der Waals surface area contributed by atoms with Crippen molar-refractivity contribution in [2.24, 2.45) is 0 Å². The van der Waals surface area contributed by atoms with Gasteiger partial charge in [-0.05, 0) is 6.07 Å². The van der Waals surface area contributed by atoms with Crippen LogP contribution in [0.25, 0.3) is 0 Å². The molecule has 0 aliphatic carbocycles. The molecule has 1 aromatic carbocycles. The summed E-state index contributed by atoms with van der Waals surface area (Å²) in [5.74, 6) is 0. The maximum atomic E-state index is 11.9. The van der Waals surface area contributed by atoms with Gasteiger partial charge in [-0.3, -0.25) is 20.2 Å². The molecule has 0 saturated carbocycles. The van der Waals surface area contributed by atoms with Crippen LogP contribution in [-0.4, -0.2) is 35.4 Å². The van der Waals surface area contributed by atoms with Gasteiger partial charge in [-0.2, -0.15) is 0 Å². The number of carbonyl (C=O) groups is 1. The van der Waals surface area contributed by atoms with Gasteiger partial charge in [0.05, 0.1) is 15.9 Å². The lowest BCUT2D eigenvalue weighted by atomic mass is 10.3. The Balaban J connectivity index is 3.21. The van der Waals surface area contributed by atoms with Gasteiger partial charge in [0.1, 0.15) is 6.61 Å². The molecular formula is C9H8IN3O8S. The highest BCUT2D eigenvalue weighted by Crippen LogP contribution is 2.28. The molecule has 22 heavy (non-hydrogen) atoms. The number of non-ortho nitro benzene ring substituents is 1. The molecule has 0 aliphatic heterocycles. The van der Waals surface area contributed by atoms with Gasteiger partial charge >= 0.3 is 6.09 Å². The first-order chi connectivity index (χ1) is 10.2. The van der Waals surface area contributed by atoms with Gasteiger partial charge in [-0.15, -0.1) is 0 Å². The number of benzene rings is 1. The highest BCUT2D eigenvalue weighted by atomic mass is 127. The minimum Gasteiger partial charge on any atom is -0.448 e. The van der Waals surface area contributed by atoms with Crippen molar-refractivity contribution < 1.29 is 27.8 Å². The fourth-order valence-corrected chi connectivity index (χ4v) is 2.58. The Morgan fingerprint density at radius 3 is 2.41 bits per heavy atom.